The normalized spacial score (nSPS) is 12.3. The zero-order valence-corrected chi connectivity index (χ0v) is 9.39. The number of fused-ring (bicyclic) bond motifs is 1. The lowest BCUT2D eigenvalue weighted by Gasteiger charge is -2.23. The summed E-state index contributed by atoms with van der Waals surface area (Å²) >= 11 is 0. The monoisotopic (exact) mass is 185 g/mol. The Morgan fingerprint density at radius 3 is 2.50 bits per heavy atom. The van der Waals surface area contributed by atoms with Crippen molar-refractivity contribution in [2.24, 2.45) is 0 Å². The summed E-state index contributed by atoms with van der Waals surface area (Å²) in [7, 11) is 0. The molecule has 0 bridgehead atoms. The van der Waals surface area contributed by atoms with Gasteiger partial charge >= 0.3 is 0 Å². The van der Waals surface area contributed by atoms with Crippen LogP contribution in [0.25, 0.3) is 10.8 Å². The van der Waals surface area contributed by atoms with Gasteiger partial charge in [0.2, 0.25) is 0 Å². The van der Waals surface area contributed by atoms with Crippen LogP contribution in [-0.2, 0) is 5.41 Å². The highest BCUT2D eigenvalue weighted by Gasteiger charge is 2.12. The van der Waals surface area contributed by atoms with E-state index >= 15 is 0 Å². The Hall–Kier alpha value is -1.17. The Morgan fingerprint density at radius 1 is 1.14 bits per heavy atom. The molecule has 0 aliphatic rings. The van der Waals surface area contributed by atoms with Crippen LogP contribution in [0.5, 0.6) is 0 Å². The molecule has 0 aliphatic heterocycles. The largest absolute Gasteiger partial charge is 0.145 e. The number of aryl methyl sites for hydroxylation is 1. The number of rotatable bonds is 0. The maximum atomic E-state index is 2.32. The highest BCUT2D eigenvalue weighted by atomic mass is 14.2. The summed E-state index contributed by atoms with van der Waals surface area (Å²) in [6, 6.07) is 11.0. The van der Waals surface area contributed by atoms with Crippen LogP contribution in [0.3, 0.4) is 0 Å². The van der Waals surface area contributed by atoms with Crippen molar-refractivity contribution in [3.63, 3.8) is 0 Å². The Bertz CT molecular complexity index is 452. The van der Waals surface area contributed by atoms with Gasteiger partial charge in [-0.15, -0.1) is 46.8 Å². The van der Waals surface area contributed by atoms with E-state index in [0.717, 1.165) is 0 Å². The maximum Gasteiger partial charge on any atom is -0.0466 e. The van der Waals surface area contributed by atoms with E-state index in [9.17, 15) is 0 Å². The smallest absolute Gasteiger partial charge is 0.0466 e. The molecule has 0 saturated carbocycles. The standard InChI is InChI=1S/C14H17/c1-10-9-13(14(2,3)4)12-8-6-5-7-11(10)12/h5-9H,1-4H3/q-1. The quantitative estimate of drug-likeness (QED) is 0.540. The molecule has 0 nitrogen and oxygen atoms in total. The van der Waals surface area contributed by atoms with Crippen LogP contribution in [0.15, 0.2) is 30.3 Å². The van der Waals surface area contributed by atoms with Crippen LogP contribution in [0, 0.1) is 6.92 Å². The fraction of sp³-hybridized carbons (Fsp3) is 0.357. The van der Waals surface area contributed by atoms with Gasteiger partial charge in [0.15, 0.2) is 0 Å². The molecule has 0 radical (unpaired) electrons. The zero-order chi connectivity index (χ0) is 10.3. The minimum absolute atomic E-state index is 0.244. The fourth-order valence-corrected chi connectivity index (χ4v) is 2.05. The van der Waals surface area contributed by atoms with E-state index in [1.807, 2.05) is 0 Å². The summed E-state index contributed by atoms with van der Waals surface area (Å²) in [6.45, 7) is 9.01. The van der Waals surface area contributed by atoms with Crippen molar-refractivity contribution >= 4 is 10.8 Å². The summed E-state index contributed by atoms with van der Waals surface area (Å²) in [6.07, 6.45) is 0. The van der Waals surface area contributed by atoms with Crippen LogP contribution in [-0.4, -0.2) is 0 Å². The highest BCUT2D eigenvalue weighted by molar-refractivity contribution is 5.91. The van der Waals surface area contributed by atoms with Crippen LogP contribution in [0.4, 0.5) is 0 Å². The molecule has 0 heteroatoms. The first-order valence-electron chi connectivity index (χ1n) is 5.15. The molecule has 14 heavy (non-hydrogen) atoms. The van der Waals surface area contributed by atoms with Gasteiger partial charge in [-0.25, -0.2) is 0 Å². The third-order valence-electron chi connectivity index (χ3n) is 2.81. The van der Waals surface area contributed by atoms with E-state index in [1.54, 1.807) is 0 Å². The molecule has 0 fully saturated rings. The first-order valence-corrected chi connectivity index (χ1v) is 5.15. The van der Waals surface area contributed by atoms with E-state index in [1.165, 1.54) is 21.9 Å². The molecule has 0 aromatic heterocycles. The lowest BCUT2D eigenvalue weighted by molar-refractivity contribution is 0.597. The van der Waals surface area contributed by atoms with E-state index < -0.39 is 0 Å². The van der Waals surface area contributed by atoms with Crippen molar-refractivity contribution in [2.45, 2.75) is 33.1 Å². The summed E-state index contributed by atoms with van der Waals surface area (Å²) in [5.41, 5.74) is 3.10. The summed E-state index contributed by atoms with van der Waals surface area (Å²) in [5, 5.41) is 2.81. The average Bonchev–Trinajstić information content (AvgIpc) is 2.44. The van der Waals surface area contributed by atoms with Crippen molar-refractivity contribution in [3.05, 3.63) is 41.5 Å². The third kappa shape index (κ3) is 1.35. The molecule has 0 N–H and O–H groups in total. The van der Waals surface area contributed by atoms with Crippen LogP contribution in [0.1, 0.15) is 31.9 Å². The van der Waals surface area contributed by atoms with E-state index in [0.29, 0.717) is 0 Å². The molecule has 0 saturated heterocycles. The number of benzene rings is 1. The summed E-state index contributed by atoms with van der Waals surface area (Å²) in [5.74, 6) is 0. The van der Waals surface area contributed by atoms with Crippen molar-refractivity contribution in [1.82, 2.24) is 0 Å². The molecular formula is C14H17-. The fourth-order valence-electron chi connectivity index (χ4n) is 2.05. The topological polar surface area (TPSA) is 0 Å². The predicted octanol–water partition coefficient (Wildman–Crippen LogP) is 4.16. The van der Waals surface area contributed by atoms with Gasteiger partial charge in [0.05, 0.1) is 0 Å². The average molecular weight is 185 g/mol. The third-order valence-corrected chi connectivity index (χ3v) is 2.81. The van der Waals surface area contributed by atoms with Crippen LogP contribution in [0.2, 0.25) is 0 Å². The molecule has 0 spiro atoms. The maximum absolute atomic E-state index is 2.32. The molecule has 74 valence electrons. The molecule has 0 amide bonds. The van der Waals surface area contributed by atoms with Crippen molar-refractivity contribution < 1.29 is 0 Å². The molecule has 0 heterocycles. The highest BCUT2D eigenvalue weighted by Crippen LogP contribution is 2.33. The van der Waals surface area contributed by atoms with Crippen molar-refractivity contribution in [1.29, 1.82) is 0 Å². The molecular weight excluding hydrogens is 168 g/mol. The van der Waals surface area contributed by atoms with Gasteiger partial charge in [0, 0.05) is 0 Å². The van der Waals surface area contributed by atoms with Gasteiger partial charge in [-0.1, -0.05) is 33.1 Å². The van der Waals surface area contributed by atoms with Crippen molar-refractivity contribution in [2.75, 3.05) is 0 Å². The second kappa shape index (κ2) is 2.91. The Labute approximate surface area is 85.9 Å². The Morgan fingerprint density at radius 2 is 1.86 bits per heavy atom. The number of hydrogen-bond donors (Lipinski definition) is 0. The molecule has 0 atom stereocenters. The van der Waals surface area contributed by atoms with Gasteiger partial charge in [0.1, 0.15) is 0 Å². The van der Waals surface area contributed by atoms with Crippen LogP contribution < -0.4 is 0 Å². The van der Waals surface area contributed by atoms with E-state index in [-0.39, 0.29) is 5.41 Å². The van der Waals surface area contributed by atoms with E-state index in [4.69, 9.17) is 0 Å². The lowest BCUT2D eigenvalue weighted by Crippen LogP contribution is -2.09. The van der Waals surface area contributed by atoms with Crippen LogP contribution >= 0.6 is 0 Å². The first-order chi connectivity index (χ1) is 6.50. The Balaban J connectivity index is 2.80. The van der Waals surface area contributed by atoms with E-state index in [2.05, 4.69) is 58.0 Å². The molecule has 0 unspecified atom stereocenters. The molecule has 2 aromatic rings. The summed E-state index contributed by atoms with van der Waals surface area (Å²) in [4.78, 5) is 0. The van der Waals surface area contributed by atoms with Gasteiger partial charge in [-0.05, 0) is 5.41 Å². The Kier molecular flexibility index (Phi) is 1.95. The van der Waals surface area contributed by atoms with Gasteiger partial charge in [-0.3, -0.25) is 0 Å². The minimum Gasteiger partial charge on any atom is -0.145 e. The molecule has 0 aliphatic carbocycles. The number of hydrogen-bond acceptors (Lipinski definition) is 0. The minimum atomic E-state index is 0.244. The SMILES string of the molecule is Cc1cc(C(C)(C)C)c2cccc[c-]12. The lowest BCUT2D eigenvalue weighted by atomic mass is 9.87. The zero-order valence-electron chi connectivity index (χ0n) is 9.39. The second-order valence-corrected chi connectivity index (χ2v) is 5.04. The van der Waals surface area contributed by atoms with Gasteiger partial charge < -0.3 is 0 Å². The van der Waals surface area contributed by atoms with Crippen molar-refractivity contribution in [3.8, 4) is 0 Å². The van der Waals surface area contributed by atoms with Gasteiger partial charge in [-0.2, -0.15) is 0 Å². The molecule has 2 rings (SSSR count). The molecule has 2 aromatic carbocycles. The van der Waals surface area contributed by atoms with Gasteiger partial charge in [0.25, 0.3) is 0 Å². The predicted molar refractivity (Wildman–Crippen MR) is 63.0 cm³/mol. The second-order valence-electron chi connectivity index (χ2n) is 5.04. The first kappa shape index (κ1) is 9.39. The summed E-state index contributed by atoms with van der Waals surface area (Å²) < 4.78 is 0.